The molecule has 0 aromatic heterocycles. The zero-order valence-corrected chi connectivity index (χ0v) is 23.6. The van der Waals surface area contributed by atoms with Crippen LogP contribution in [0.2, 0.25) is 0 Å². The predicted octanol–water partition coefficient (Wildman–Crippen LogP) is 2.43. The van der Waals surface area contributed by atoms with E-state index in [2.05, 4.69) is 0 Å². The summed E-state index contributed by atoms with van der Waals surface area (Å²) in [6.45, 7) is 7.45. The fourth-order valence-electron chi connectivity index (χ4n) is 7.37. The van der Waals surface area contributed by atoms with E-state index in [-0.39, 0.29) is 17.5 Å². The molecule has 1 saturated heterocycles. The van der Waals surface area contributed by atoms with E-state index in [0.29, 0.717) is 0 Å². The zero-order valence-electron chi connectivity index (χ0n) is 23.6. The number of benzene rings is 2. The molecule has 2 aliphatic carbocycles. The molecule has 1 aliphatic heterocycles. The van der Waals surface area contributed by atoms with E-state index in [0.717, 1.165) is 6.92 Å². The molecule has 2 saturated carbocycles. The first-order chi connectivity index (χ1) is 19.2. The maximum absolute atomic E-state index is 13.5. The van der Waals surface area contributed by atoms with Gasteiger partial charge in [0.15, 0.2) is 12.2 Å². The van der Waals surface area contributed by atoms with Crippen molar-refractivity contribution in [3.8, 4) is 0 Å². The van der Waals surface area contributed by atoms with Crippen molar-refractivity contribution in [2.75, 3.05) is 0 Å². The maximum Gasteiger partial charge on any atom is 0.338 e. The van der Waals surface area contributed by atoms with Gasteiger partial charge in [0.25, 0.3) is 0 Å². The van der Waals surface area contributed by atoms with E-state index in [1.165, 1.54) is 19.1 Å². The standard InChI is InChI=1S/C31H36O10/c1-17(32)38-22-24(34)30(5,37)31-23(33)20(28(2,3)41-31)16-21(39-26(35)18-12-8-6-9-13-18)29(31,4)25(22)40-27(36)19-14-10-7-11-15-19/h6-15,20-25,33-34,37H,16H2,1-5H3/t20-,21+,22-,23-,24+,25+,29-,30+,31-/m1/s1. The van der Waals surface area contributed by atoms with Crippen LogP contribution in [-0.4, -0.2) is 80.6 Å². The lowest BCUT2D eigenvalue weighted by molar-refractivity contribution is -0.367. The normalized spacial score (nSPS) is 38.8. The molecule has 2 aromatic carbocycles. The van der Waals surface area contributed by atoms with Crippen LogP contribution in [0, 0.1) is 11.3 Å². The number of aliphatic hydroxyl groups is 3. The van der Waals surface area contributed by atoms with Crippen molar-refractivity contribution in [3.63, 3.8) is 0 Å². The molecule has 9 atom stereocenters. The first-order valence-electron chi connectivity index (χ1n) is 13.7. The van der Waals surface area contributed by atoms with Gasteiger partial charge in [-0.05, 0) is 58.4 Å². The molecule has 10 nitrogen and oxygen atoms in total. The molecule has 2 aromatic rings. The second kappa shape index (κ2) is 9.90. The highest BCUT2D eigenvalue weighted by Crippen LogP contribution is 2.68. The van der Waals surface area contributed by atoms with E-state index < -0.39 is 76.6 Å². The third kappa shape index (κ3) is 4.19. The van der Waals surface area contributed by atoms with Gasteiger partial charge >= 0.3 is 17.9 Å². The Labute approximate surface area is 238 Å². The Bertz CT molecular complexity index is 1320. The van der Waals surface area contributed by atoms with Gasteiger partial charge in [0, 0.05) is 12.8 Å². The first-order valence-corrected chi connectivity index (χ1v) is 13.7. The van der Waals surface area contributed by atoms with Crippen molar-refractivity contribution in [1.82, 2.24) is 0 Å². The summed E-state index contributed by atoms with van der Waals surface area (Å²) in [7, 11) is 0. The number of hydrogen-bond acceptors (Lipinski definition) is 10. The zero-order chi connectivity index (χ0) is 30.0. The Balaban J connectivity index is 1.71. The highest BCUT2D eigenvalue weighted by molar-refractivity contribution is 5.90. The molecular formula is C31H36O10. The van der Waals surface area contributed by atoms with Crippen LogP contribution in [0.25, 0.3) is 0 Å². The number of fused-ring (bicyclic) bond motifs is 1. The molecule has 41 heavy (non-hydrogen) atoms. The van der Waals surface area contributed by atoms with Gasteiger partial charge in [0.2, 0.25) is 0 Å². The van der Waals surface area contributed by atoms with Gasteiger partial charge in [0.1, 0.15) is 23.4 Å². The Morgan fingerprint density at radius 2 is 1.32 bits per heavy atom. The fraction of sp³-hybridized carbons (Fsp3) is 0.516. The molecule has 0 amide bonds. The van der Waals surface area contributed by atoms with Crippen LogP contribution in [0.1, 0.15) is 61.8 Å². The highest BCUT2D eigenvalue weighted by atomic mass is 16.6. The summed E-state index contributed by atoms with van der Waals surface area (Å²) in [5.41, 5.74) is -6.62. The van der Waals surface area contributed by atoms with Crippen molar-refractivity contribution in [1.29, 1.82) is 0 Å². The van der Waals surface area contributed by atoms with Crippen LogP contribution in [-0.2, 0) is 23.7 Å². The van der Waals surface area contributed by atoms with Crippen molar-refractivity contribution >= 4 is 17.9 Å². The molecule has 3 N–H and O–H groups in total. The quantitative estimate of drug-likeness (QED) is 0.363. The van der Waals surface area contributed by atoms with Gasteiger partial charge < -0.3 is 34.3 Å². The molecular weight excluding hydrogens is 532 g/mol. The van der Waals surface area contributed by atoms with Crippen LogP contribution in [0.5, 0.6) is 0 Å². The minimum Gasteiger partial charge on any atom is -0.458 e. The van der Waals surface area contributed by atoms with Gasteiger partial charge in [0.05, 0.1) is 28.2 Å². The second-order valence-corrected chi connectivity index (χ2v) is 12.1. The predicted molar refractivity (Wildman–Crippen MR) is 144 cm³/mol. The fourth-order valence-corrected chi connectivity index (χ4v) is 7.37. The van der Waals surface area contributed by atoms with Crippen LogP contribution >= 0.6 is 0 Å². The minimum atomic E-state index is -2.26. The monoisotopic (exact) mass is 568 g/mol. The smallest absolute Gasteiger partial charge is 0.338 e. The van der Waals surface area contributed by atoms with E-state index in [4.69, 9.17) is 18.9 Å². The van der Waals surface area contributed by atoms with Crippen molar-refractivity contribution in [2.24, 2.45) is 11.3 Å². The van der Waals surface area contributed by atoms with E-state index >= 15 is 0 Å². The number of rotatable bonds is 5. The summed E-state index contributed by atoms with van der Waals surface area (Å²) >= 11 is 0. The van der Waals surface area contributed by atoms with Crippen LogP contribution in [0.4, 0.5) is 0 Å². The SMILES string of the molecule is CC(=O)O[C@H]1[C@H](OC(=O)c2ccccc2)[C@@]2(C)[C@@H](OC(=O)c3ccccc3)C[C@@H]3[C@@H](O)[C@]2(OC3(C)C)[C@@](C)(O)[C@H]1O. The summed E-state index contributed by atoms with van der Waals surface area (Å²) in [6.07, 6.45) is -7.40. The van der Waals surface area contributed by atoms with Crippen LogP contribution < -0.4 is 0 Å². The summed E-state index contributed by atoms with van der Waals surface area (Å²) in [5.74, 6) is -2.92. The maximum atomic E-state index is 13.5. The third-order valence-corrected chi connectivity index (χ3v) is 9.38. The molecule has 1 spiro atoms. The summed E-state index contributed by atoms with van der Waals surface area (Å²) in [4.78, 5) is 39.2. The third-order valence-electron chi connectivity index (χ3n) is 9.38. The molecule has 3 fully saturated rings. The van der Waals surface area contributed by atoms with Gasteiger partial charge in [-0.25, -0.2) is 9.59 Å². The Morgan fingerprint density at radius 1 is 0.805 bits per heavy atom. The molecule has 2 bridgehead atoms. The number of hydrogen-bond donors (Lipinski definition) is 3. The van der Waals surface area contributed by atoms with Gasteiger partial charge in [-0.1, -0.05) is 36.4 Å². The number of carbonyl (C=O) groups is 3. The summed E-state index contributed by atoms with van der Waals surface area (Å²) in [6, 6.07) is 16.4. The average molecular weight is 569 g/mol. The average Bonchev–Trinajstić information content (AvgIpc) is 3.10. The highest BCUT2D eigenvalue weighted by Gasteiger charge is 2.85. The molecule has 0 radical (unpaired) electrons. The molecule has 1 heterocycles. The molecule has 0 unspecified atom stereocenters. The lowest BCUT2D eigenvalue weighted by Gasteiger charge is -2.66. The van der Waals surface area contributed by atoms with Crippen molar-refractivity contribution in [2.45, 2.75) is 88.4 Å². The van der Waals surface area contributed by atoms with Crippen molar-refractivity contribution in [3.05, 3.63) is 71.8 Å². The number of ether oxygens (including phenoxy) is 4. The first kappa shape index (κ1) is 29.2. The number of carbonyl (C=O) groups excluding carboxylic acids is 3. The van der Waals surface area contributed by atoms with Gasteiger partial charge in [-0.3, -0.25) is 4.79 Å². The molecule has 10 heteroatoms. The Morgan fingerprint density at radius 3 is 1.83 bits per heavy atom. The Hall–Kier alpha value is -3.31. The summed E-state index contributed by atoms with van der Waals surface area (Å²) in [5, 5.41) is 35.6. The summed E-state index contributed by atoms with van der Waals surface area (Å²) < 4.78 is 24.2. The molecule has 5 rings (SSSR count). The lowest BCUT2D eigenvalue weighted by atomic mass is 9.46. The minimum absolute atomic E-state index is 0.0728. The molecule has 3 aliphatic rings. The van der Waals surface area contributed by atoms with E-state index in [1.54, 1.807) is 69.3 Å². The number of aliphatic hydroxyl groups excluding tert-OH is 2. The topological polar surface area (TPSA) is 149 Å². The lowest BCUT2D eigenvalue weighted by Crippen LogP contribution is -2.85. The number of esters is 3. The van der Waals surface area contributed by atoms with E-state index in [9.17, 15) is 29.7 Å². The van der Waals surface area contributed by atoms with Crippen molar-refractivity contribution < 1.29 is 48.7 Å². The molecule has 220 valence electrons. The van der Waals surface area contributed by atoms with Crippen LogP contribution in [0.3, 0.4) is 0 Å². The van der Waals surface area contributed by atoms with Gasteiger partial charge in [-0.15, -0.1) is 0 Å². The van der Waals surface area contributed by atoms with Crippen LogP contribution in [0.15, 0.2) is 60.7 Å². The van der Waals surface area contributed by atoms with Gasteiger partial charge in [-0.2, -0.15) is 0 Å². The largest absolute Gasteiger partial charge is 0.458 e. The Kier molecular flexibility index (Phi) is 7.05. The van der Waals surface area contributed by atoms with E-state index in [1.807, 2.05) is 0 Å². The second-order valence-electron chi connectivity index (χ2n) is 12.1.